The van der Waals surface area contributed by atoms with Crippen LogP contribution < -0.4 is 10.2 Å². The van der Waals surface area contributed by atoms with Crippen molar-refractivity contribution in [3.63, 3.8) is 0 Å². The van der Waals surface area contributed by atoms with Crippen LogP contribution in [0.5, 0.6) is 0 Å². The first-order chi connectivity index (χ1) is 15.1. The molecule has 2 aromatic rings. The lowest BCUT2D eigenvalue weighted by molar-refractivity contribution is 0.465. The Hall–Kier alpha value is -2.99. The molecule has 1 atom stereocenters. The van der Waals surface area contributed by atoms with Crippen molar-refractivity contribution in [2.45, 2.75) is 31.8 Å². The van der Waals surface area contributed by atoms with E-state index in [0.29, 0.717) is 17.0 Å². The van der Waals surface area contributed by atoms with Gasteiger partial charge in [-0.2, -0.15) is 0 Å². The number of aromatic nitrogens is 1. The van der Waals surface area contributed by atoms with E-state index in [0.717, 1.165) is 48.5 Å². The number of nitrogens with zero attached hydrogens (tertiary/aromatic N) is 4. The maximum atomic E-state index is 13.5. The monoisotopic (exact) mass is 435 g/mol. The van der Waals surface area contributed by atoms with Crippen molar-refractivity contribution in [3.8, 4) is 0 Å². The van der Waals surface area contributed by atoms with Gasteiger partial charge in [0, 0.05) is 47.8 Å². The van der Waals surface area contributed by atoms with Crippen LogP contribution in [0.4, 0.5) is 10.1 Å². The number of anilines is 1. The molecule has 0 saturated carbocycles. The van der Waals surface area contributed by atoms with E-state index in [1.165, 1.54) is 17.8 Å². The number of piperidine rings is 1. The number of rotatable bonds is 3. The minimum absolute atomic E-state index is 0.136. The largest absolute Gasteiger partial charge is 0.371 e. The van der Waals surface area contributed by atoms with Gasteiger partial charge in [0.2, 0.25) is 5.96 Å². The predicted octanol–water partition coefficient (Wildman–Crippen LogP) is 4.57. The molecular weight excluding hydrogens is 413 g/mol. The van der Waals surface area contributed by atoms with Crippen LogP contribution in [0, 0.1) is 12.7 Å². The van der Waals surface area contributed by atoms with E-state index in [-0.39, 0.29) is 11.9 Å². The van der Waals surface area contributed by atoms with Crippen molar-refractivity contribution < 1.29 is 4.39 Å². The molecule has 0 spiro atoms. The molecule has 158 valence electrons. The molecule has 1 unspecified atom stereocenters. The zero-order chi connectivity index (χ0) is 21.4. The second kappa shape index (κ2) is 8.27. The highest BCUT2D eigenvalue weighted by Gasteiger charge is 2.29. The maximum absolute atomic E-state index is 13.5. The van der Waals surface area contributed by atoms with Crippen molar-refractivity contribution in [1.29, 1.82) is 0 Å². The summed E-state index contributed by atoms with van der Waals surface area (Å²) in [6.45, 7) is 3.97. The zero-order valence-electron chi connectivity index (χ0n) is 17.2. The van der Waals surface area contributed by atoms with Crippen molar-refractivity contribution in [2.24, 2.45) is 9.98 Å². The molecule has 3 aliphatic rings. The summed E-state index contributed by atoms with van der Waals surface area (Å²) in [5, 5.41) is 3.90. The Morgan fingerprint density at radius 2 is 2.00 bits per heavy atom. The first-order valence-electron chi connectivity index (χ1n) is 10.5. The molecule has 1 aromatic heterocycles. The van der Waals surface area contributed by atoms with E-state index in [4.69, 9.17) is 21.6 Å². The summed E-state index contributed by atoms with van der Waals surface area (Å²) in [4.78, 5) is 16.2. The van der Waals surface area contributed by atoms with E-state index in [1.807, 2.05) is 31.3 Å². The lowest BCUT2D eigenvalue weighted by atomic mass is 9.92. The van der Waals surface area contributed by atoms with Crippen molar-refractivity contribution in [2.75, 3.05) is 18.0 Å². The van der Waals surface area contributed by atoms with E-state index >= 15 is 0 Å². The number of allylic oxidation sites excluding steroid dienone is 2. The number of guanidine groups is 1. The molecule has 2 aliphatic heterocycles. The second-order valence-corrected chi connectivity index (χ2v) is 8.45. The van der Waals surface area contributed by atoms with Gasteiger partial charge in [-0.3, -0.25) is 4.98 Å². The molecule has 1 aliphatic carbocycles. The highest BCUT2D eigenvalue weighted by molar-refractivity contribution is 6.38. The van der Waals surface area contributed by atoms with Gasteiger partial charge in [0.15, 0.2) is 0 Å². The molecule has 1 saturated heterocycles. The second-order valence-electron chi connectivity index (χ2n) is 8.05. The Morgan fingerprint density at radius 1 is 1.16 bits per heavy atom. The van der Waals surface area contributed by atoms with Gasteiger partial charge in [0.1, 0.15) is 11.9 Å². The Kier molecular flexibility index (Phi) is 5.32. The Balaban J connectivity index is 1.26. The van der Waals surface area contributed by atoms with Gasteiger partial charge in [-0.05, 0) is 50.1 Å². The summed E-state index contributed by atoms with van der Waals surface area (Å²) >= 11 is 6.30. The average Bonchev–Trinajstić information content (AvgIpc) is 3.17. The number of halogens is 2. The smallest absolute Gasteiger partial charge is 0.219 e. The summed E-state index contributed by atoms with van der Waals surface area (Å²) in [6, 6.07) is 8.84. The molecule has 5 nitrogen and oxygen atoms in total. The number of aryl methyl sites for hydroxylation is 1. The molecule has 1 fully saturated rings. The van der Waals surface area contributed by atoms with Crippen LogP contribution in [0.3, 0.4) is 0 Å². The number of fused-ring (bicyclic) bond motifs is 1. The molecule has 1 N–H and O–H groups in total. The Labute approximate surface area is 186 Å². The minimum atomic E-state index is -0.350. The van der Waals surface area contributed by atoms with Crippen LogP contribution in [0.15, 0.2) is 64.7 Å². The fraction of sp³-hybridized carbons (Fsp3) is 0.292. The molecule has 1 aromatic carbocycles. The zero-order valence-corrected chi connectivity index (χ0v) is 18.0. The molecule has 0 amide bonds. The molecule has 0 bridgehead atoms. The highest BCUT2D eigenvalue weighted by Crippen LogP contribution is 2.31. The number of hydrogen-bond acceptors (Lipinski definition) is 5. The van der Waals surface area contributed by atoms with Gasteiger partial charge in [0.05, 0.1) is 10.7 Å². The molecule has 31 heavy (non-hydrogen) atoms. The topological polar surface area (TPSA) is 52.9 Å². The van der Waals surface area contributed by atoms with Gasteiger partial charge in [0.25, 0.3) is 0 Å². The van der Waals surface area contributed by atoms with Crippen LogP contribution in [-0.2, 0) is 0 Å². The lowest BCUT2D eigenvalue weighted by Gasteiger charge is -2.34. The minimum Gasteiger partial charge on any atom is -0.371 e. The number of hydrogen-bond donors (Lipinski definition) is 1. The Morgan fingerprint density at radius 3 is 2.77 bits per heavy atom. The molecule has 3 heterocycles. The standard InChI is InChI=1S/C24H23ClFN5/c1-15-13-18(7-10-27-15)31-11-8-17(9-12-31)28-24-29-22-4-2-3-20(23(22)30-24)19-6-5-16(26)14-21(19)25/h2-7,10,13-14,17,22H,8-9,11-12H2,1H3,(H,28,29). The normalized spacial score (nSPS) is 20.8. The third-order valence-electron chi connectivity index (χ3n) is 5.89. The molecular formula is C24H23ClFN5. The average molecular weight is 436 g/mol. The van der Waals surface area contributed by atoms with Crippen molar-refractivity contribution in [1.82, 2.24) is 10.3 Å². The molecule has 7 heteroatoms. The number of pyridine rings is 1. The van der Waals surface area contributed by atoms with Gasteiger partial charge >= 0.3 is 0 Å². The lowest BCUT2D eigenvalue weighted by Crippen LogP contribution is -2.44. The summed E-state index contributed by atoms with van der Waals surface area (Å²) in [7, 11) is 0. The van der Waals surface area contributed by atoms with Crippen LogP contribution in [0.25, 0.3) is 5.57 Å². The van der Waals surface area contributed by atoms with Crippen molar-refractivity contribution >= 4 is 34.5 Å². The third kappa shape index (κ3) is 4.12. The summed E-state index contributed by atoms with van der Waals surface area (Å²) < 4.78 is 13.5. The van der Waals surface area contributed by atoms with Gasteiger partial charge in [-0.15, -0.1) is 0 Å². The van der Waals surface area contributed by atoms with Crippen LogP contribution >= 0.6 is 11.6 Å². The fourth-order valence-corrected chi connectivity index (χ4v) is 4.56. The third-order valence-corrected chi connectivity index (χ3v) is 6.21. The van der Waals surface area contributed by atoms with Crippen LogP contribution in [-0.4, -0.2) is 41.8 Å². The first-order valence-corrected chi connectivity index (χ1v) is 10.9. The fourth-order valence-electron chi connectivity index (χ4n) is 4.30. The van der Waals surface area contributed by atoms with E-state index < -0.39 is 0 Å². The van der Waals surface area contributed by atoms with E-state index in [2.05, 4.69) is 27.3 Å². The van der Waals surface area contributed by atoms with Gasteiger partial charge < -0.3 is 10.2 Å². The van der Waals surface area contributed by atoms with E-state index in [1.54, 1.807) is 6.07 Å². The van der Waals surface area contributed by atoms with Crippen LogP contribution in [0.2, 0.25) is 5.02 Å². The quantitative estimate of drug-likeness (QED) is 0.768. The Bertz CT molecular complexity index is 1130. The first kappa shape index (κ1) is 19.9. The van der Waals surface area contributed by atoms with Crippen LogP contribution in [0.1, 0.15) is 24.1 Å². The maximum Gasteiger partial charge on any atom is 0.219 e. The number of aliphatic imine (C=N–C) groups is 2. The number of benzene rings is 1. The van der Waals surface area contributed by atoms with Gasteiger partial charge in [-0.1, -0.05) is 29.8 Å². The summed E-state index contributed by atoms with van der Waals surface area (Å²) in [6.07, 6.45) is 9.83. The summed E-state index contributed by atoms with van der Waals surface area (Å²) in [5.74, 6) is 0.311. The SMILES string of the molecule is Cc1cc(N2CCC(NC3=NC4C=CC=C(c5ccc(F)cc5Cl)C4=N3)CC2)ccn1. The van der Waals surface area contributed by atoms with Gasteiger partial charge in [-0.25, -0.2) is 14.4 Å². The summed E-state index contributed by atoms with van der Waals surface area (Å²) in [5.41, 5.74) is 4.78. The molecule has 5 rings (SSSR count). The van der Waals surface area contributed by atoms with Crippen molar-refractivity contribution in [3.05, 3.63) is 76.9 Å². The predicted molar refractivity (Wildman–Crippen MR) is 125 cm³/mol. The molecule has 0 radical (unpaired) electrons. The number of nitrogens with one attached hydrogen (secondary N) is 1. The van der Waals surface area contributed by atoms with E-state index in [9.17, 15) is 4.39 Å². The highest BCUT2D eigenvalue weighted by atomic mass is 35.5.